The number of likely N-dealkylation sites (N-methyl/N-ethyl adjacent to an activating group) is 1. The summed E-state index contributed by atoms with van der Waals surface area (Å²) in [5, 5.41) is 2.96. The average molecular weight is 372 g/mol. The van der Waals surface area contributed by atoms with Gasteiger partial charge in [0.2, 0.25) is 5.91 Å². The Morgan fingerprint density at radius 3 is 2.89 bits per heavy atom. The van der Waals surface area contributed by atoms with Crippen LogP contribution in [-0.4, -0.2) is 44.7 Å². The molecular weight excluding hydrogens is 347 g/mol. The fourth-order valence-corrected chi connectivity index (χ4v) is 3.28. The molecule has 0 aromatic heterocycles. The van der Waals surface area contributed by atoms with E-state index >= 15 is 0 Å². The van der Waals surface area contributed by atoms with E-state index in [0.29, 0.717) is 25.3 Å². The van der Waals surface area contributed by atoms with Crippen molar-refractivity contribution in [3.05, 3.63) is 59.4 Å². The topological polar surface area (TPSA) is 50.8 Å². The van der Waals surface area contributed by atoms with E-state index < -0.39 is 0 Å². The van der Waals surface area contributed by atoms with Crippen molar-refractivity contribution in [2.45, 2.75) is 13.0 Å². The Morgan fingerprint density at radius 2 is 2.11 bits per heavy atom. The Morgan fingerprint density at radius 1 is 1.30 bits per heavy atom. The molecule has 6 heteroatoms. The summed E-state index contributed by atoms with van der Waals surface area (Å²) in [5.74, 6) is 1.42. The summed E-state index contributed by atoms with van der Waals surface area (Å²) < 4.78 is 24.9. The molecule has 1 atom stereocenters. The first-order valence-corrected chi connectivity index (χ1v) is 9.04. The summed E-state index contributed by atoms with van der Waals surface area (Å²) >= 11 is 0. The third-order valence-corrected chi connectivity index (χ3v) is 4.65. The molecule has 0 radical (unpaired) electrons. The number of para-hydroxylation sites is 1. The van der Waals surface area contributed by atoms with E-state index in [1.54, 1.807) is 37.3 Å². The van der Waals surface area contributed by atoms with Gasteiger partial charge in [0, 0.05) is 24.6 Å². The smallest absolute Gasteiger partial charge is 0.234 e. The van der Waals surface area contributed by atoms with E-state index in [2.05, 4.69) is 5.32 Å². The fraction of sp³-hybridized carbons (Fsp3) is 0.381. The van der Waals surface area contributed by atoms with Gasteiger partial charge in [0.15, 0.2) is 11.5 Å². The minimum atomic E-state index is -0.252. The molecule has 0 aliphatic carbocycles. The van der Waals surface area contributed by atoms with E-state index in [9.17, 15) is 9.18 Å². The van der Waals surface area contributed by atoms with Gasteiger partial charge in [-0.2, -0.15) is 0 Å². The predicted octanol–water partition coefficient (Wildman–Crippen LogP) is 2.63. The summed E-state index contributed by atoms with van der Waals surface area (Å²) in [7, 11) is 3.43. The first-order chi connectivity index (χ1) is 13.1. The number of nitrogens with zero attached hydrogens (tertiary/aromatic N) is 1. The van der Waals surface area contributed by atoms with Crippen LogP contribution in [0, 0.1) is 11.7 Å². The molecule has 0 fully saturated rings. The Hall–Kier alpha value is -2.60. The number of carbonyl (C=O) groups is 1. The lowest BCUT2D eigenvalue weighted by atomic mass is 9.96. The largest absolute Gasteiger partial charge is 0.493 e. The van der Waals surface area contributed by atoms with Crippen molar-refractivity contribution in [1.82, 2.24) is 10.2 Å². The molecular formula is C21H25FN2O3. The molecule has 2 aromatic rings. The van der Waals surface area contributed by atoms with Crippen molar-refractivity contribution in [2.24, 2.45) is 5.92 Å². The van der Waals surface area contributed by atoms with Crippen molar-refractivity contribution in [3.63, 3.8) is 0 Å². The number of nitrogens with one attached hydrogen (secondary N) is 1. The van der Waals surface area contributed by atoms with Crippen molar-refractivity contribution in [1.29, 1.82) is 0 Å². The summed E-state index contributed by atoms with van der Waals surface area (Å²) in [6.07, 6.45) is 0.831. The second-order valence-electron chi connectivity index (χ2n) is 6.90. The number of carbonyl (C=O) groups excluding carboxylic acids is 1. The molecule has 3 rings (SSSR count). The van der Waals surface area contributed by atoms with Crippen LogP contribution < -0.4 is 14.8 Å². The zero-order valence-electron chi connectivity index (χ0n) is 15.7. The number of fused-ring (bicyclic) bond motifs is 1. The highest BCUT2D eigenvalue weighted by Gasteiger charge is 2.23. The SMILES string of the molecule is COc1cccc2c1OC[C@H](CNC(=O)CN(C)Cc1ccccc1F)C2. The number of ether oxygens (including phenoxy) is 2. The van der Waals surface area contributed by atoms with Crippen LogP contribution in [0.5, 0.6) is 11.5 Å². The zero-order chi connectivity index (χ0) is 19.2. The lowest BCUT2D eigenvalue weighted by molar-refractivity contribution is -0.122. The van der Waals surface area contributed by atoms with Crippen molar-refractivity contribution >= 4 is 5.91 Å². The second-order valence-corrected chi connectivity index (χ2v) is 6.90. The second kappa shape index (κ2) is 8.86. The molecule has 1 heterocycles. The Kier molecular flexibility index (Phi) is 6.29. The lowest BCUT2D eigenvalue weighted by Gasteiger charge is -2.27. The minimum absolute atomic E-state index is 0.0784. The third kappa shape index (κ3) is 4.98. The van der Waals surface area contributed by atoms with E-state index in [1.165, 1.54) is 6.07 Å². The summed E-state index contributed by atoms with van der Waals surface area (Å²) in [5.41, 5.74) is 1.68. The minimum Gasteiger partial charge on any atom is -0.493 e. The van der Waals surface area contributed by atoms with Crippen LogP contribution in [0.15, 0.2) is 42.5 Å². The van der Waals surface area contributed by atoms with Crippen LogP contribution in [0.4, 0.5) is 4.39 Å². The van der Waals surface area contributed by atoms with Gasteiger partial charge in [0.05, 0.1) is 20.3 Å². The number of hydrogen-bond acceptors (Lipinski definition) is 4. The molecule has 1 amide bonds. The lowest BCUT2D eigenvalue weighted by Crippen LogP contribution is -2.39. The quantitative estimate of drug-likeness (QED) is 0.812. The summed E-state index contributed by atoms with van der Waals surface area (Å²) in [6, 6.07) is 12.5. The van der Waals surface area contributed by atoms with E-state index in [0.717, 1.165) is 23.5 Å². The standard InChI is InChI=1S/C21H25FN2O3/c1-24(12-17-6-3-4-8-18(17)22)13-20(25)23-11-15-10-16-7-5-9-19(26-2)21(16)27-14-15/h3-9,15H,10-14H2,1-2H3,(H,23,25)/t15-/m0/s1. The monoisotopic (exact) mass is 372 g/mol. The third-order valence-electron chi connectivity index (χ3n) is 4.65. The fourth-order valence-electron chi connectivity index (χ4n) is 3.28. The zero-order valence-corrected chi connectivity index (χ0v) is 15.7. The molecule has 1 aliphatic rings. The van der Waals surface area contributed by atoms with Gasteiger partial charge >= 0.3 is 0 Å². The number of halogens is 1. The van der Waals surface area contributed by atoms with E-state index in [4.69, 9.17) is 9.47 Å². The van der Waals surface area contributed by atoms with Crippen LogP contribution in [-0.2, 0) is 17.8 Å². The molecule has 0 unspecified atom stereocenters. The number of hydrogen-bond donors (Lipinski definition) is 1. The highest BCUT2D eigenvalue weighted by atomic mass is 19.1. The molecule has 1 N–H and O–H groups in total. The normalized spacial score (nSPS) is 15.8. The van der Waals surface area contributed by atoms with Crippen LogP contribution in [0.2, 0.25) is 0 Å². The molecule has 2 aromatic carbocycles. The first-order valence-electron chi connectivity index (χ1n) is 9.04. The van der Waals surface area contributed by atoms with E-state index in [-0.39, 0.29) is 24.2 Å². The maximum atomic E-state index is 13.7. The van der Waals surface area contributed by atoms with Gasteiger partial charge in [-0.3, -0.25) is 9.69 Å². The number of methoxy groups -OCH3 is 1. The van der Waals surface area contributed by atoms with Crippen molar-refractivity contribution < 1.29 is 18.7 Å². The van der Waals surface area contributed by atoms with Crippen molar-refractivity contribution in [2.75, 3.05) is 33.9 Å². The number of benzene rings is 2. The van der Waals surface area contributed by atoms with Crippen LogP contribution in [0.1, 0.15) is 11.1 Å². The maximum Gasteiger partial charge on any atom is 0.234 e. The molecule has 0 saturated heterocycles. The number of rotatable bonds is 7. The average Bonchev–Trinajstić information content (AvgIpc) is 2.67. The van der Waals surface area contributed by atoms with Crippen molar-refractivity contribution in [3.8, 4) is 11.5 Å². The highest BCUT2D eigenvalue weighted by molar-refractivity contribution is 5.78. The molecule has 0 bridgehead atoms. The van der Waals surface area contributed by atoms with Gasteiger partial charge in [-0.15, -0.1) is 0 Å². The summed E-state index contributed by atoms with van der Waals surface area (Å²) in [6.45, 7) is 1.69. The van der Waals surface area contributed by atoms with Crippen LogP contribution in [0.25, 0.3) is 0 Å². The Balaban J connectivity index is 1.46. The molecule has 27 heavy (non-hydrogen) atoms. The molecule has 5 nitrogen and oxygen atoms in total. The maximum absolute atomic E-state index is 13.7. The predicted molar refractivity (Wildman–Crippen MR) is 101 cm³/mol. The Bertz CT molecular complexity index is 797. The summed E-state index contributed by atoms with van der Waals surface area (Å²) in [4.78, 5) is 14.0. The van der Waals surface area contributed by atoms with Gasteiger partial charge in [-0.25, -0.2) is 4.39 Å². The van der Waals surface area contributed by atoms with Gasteiger partial charge in [0.25, 0.3) is 0 Å². The highest BCUT2D eigenvalue weighted by Crippen LogP contribution is 2.35. The first kappa shape index (κ1) is 19.2. The van der Waals surface area contributed by atoms with Gasteiger partial charge in [0.1, 0.15) is 5.82 Å². The van der Waals surface area contributed by atoms with Crippen LogP contribution in [0.3, 0.4) is 0 Å². The molecule has 0 saturated carbocycles. The van der Waals surface area contributed by atoms with Gasteiger partial charge in [-0.05, 0) is 31.2 Å². The number of amides is 1. The van der Waals surface area contributed by atoms with Gasteiger partial charge < -0.3 is 14.8 Å². The molecule has 144 valence electrons. The van der Waals surface area contributed by atoms with E-state index in [1.807, 2.05) is 18.2 Å². The van der Waals surface area contributed by atoms with Gasteiger partial charge in [-0.1, -0.05) is 30.3 Å². The molecule has 1 aliphatic heterocycles. The Labute approximate surface area is 159 Å². The molecule has 0 spiro atoms. The van der Waals surface area contributed by atoms with Crippen LogP contribution >= 0.6 is 0 Å².